The van der Waals surface area contributed by atoms with Gasteiger partial charge in [-0.2, -0.15) is 5.26 Å². The van der Waals surface area contributed by atoms with Gasteiger partial charge in [0.2, 0.25) is 0 Å². The van der Waals surface area contributed by atoms with E-state index in [1.54, 1.807) is 24.3 Å². The number of rotatable bonds is 7. The van der Waals surface area contributed by atoms with E-state index in [1.165, 1.54) is 43.6 Å². The Hall–Kier alpha value is -4.92. The SMILES string of the molecule is COc1cccc(F)c1-c1ncc(-c2ccc(-c3c(F)cccc3C#N)cc2N2C[C@@H](N)C[C@H]2CO)c(C(N)=O)n1. The van der Waals surface area contributed by atoms with Crippen molar-refractivity contribution in [3.8, 4) is 45.5 Å². The molecule has 11 heteroatoms. The molecule has 1 aliphatic heterocycles. The Morgan fingerprint density at radius 2 is 1.88 bits per heavy atom. The van der Waals surface area contributed by atoms with E-state index in [2.05, 4.69) is 9.97 Å². The predicted molar refractivity (Wildman–Crippen MR) is 149 cm³/mol. The van der Waals surface area contributed by atoms with Crippen LogP contribution in [0.25, 0.3) is 33.6 Å². The van der Waals surface area contributed by atoms with E-state index in [4.69, 9.17) is 16.2 Å². The number of anilines is 1. The van der Waals surface area contributed by atoms with Gasteiger partial charge >= 0.3 is 0 Å². The minimum Gasteiger partial charge on any atom is -0.496 e. The molecular weight excluding hydrogens is 530 g/mol. The summed E-state index contributed by atoms with van der Waals surface area (Å²) in [6, 6.07) is 14.8. The number of hydrogen-bond donors (Lipinski definition) is 3. The fourth-order valence-electron chi connectivity index (χ4n) is 5.26. The molecule has 1 aliphatic rings. The molecule has 41 heavy (non-hydrogen) atoms. The Bertz CT molecular complexity index is 1690. The zero-order valence-corrected chi connectivity index (χ0v) is 22.0. The fourth-order valence-corrected chi connectivity index (χ4v) is 5.26. The number of ether oxygens (including phenoxy) is 1. The van der Waals surface area contributed by atoms with Gasteiger partial charge in [-0.25, -0.2) is 18.7 Å². The van der Waals surface area contributed by atoms with Crippen molar-refractivity contribution in [1.29, 1.82) is 5.26 Å². The lowest BCUT2D eigenvalue weighted by atomic mass is 9.94. The van der Waals surface area contributed by atoms with Crippen LogP contribution >= 0.6 is 0 Å². The molecule has 208 valence electrons. The van der Waals surface area contributed by atoms with E-state index >= 15 is 0 Å². The van der Waals surface area contributed by atoms with Gasteiger partial charge in [0.15, 0.2) is 5.82 Å². The molecule has 1 aromatic heterocycles. The van der Waals surface area contributed by atoms with Crippen LogP contribution < -0.4 is 21.1 Å². The number of aromatic nitrogens is 2. The molecule has 4 aromatic rings. The maximum atomic E-state index is 15.0. The van der Waals surface area contributed by atoms with E-state index in [0.717, 1.165) is 0 Å². The molecule has 0 radical (unpaired) electrons. The van der Waals surface area contributed by atoms with Crippen molar-refractivity contribution in [3.05, 3.63) is 83.7 Å². The maximum absolute atomic E-state index is 15.0. The molecule has 3 aromatic carbocycles. The summed E-state index contributed by atoms with van der Waals surface area (Å²) >= 11 is 0. The molecule has 5 rings (SSSR count). The molecule has 0 bridgehead atoms. The smallest absolute Gasteiger partial charge is 0.268 e. The molecule has 0 saturated carbocycles. The normalized spacial score (nSPS) is 16.4. The van der Waals surface area contributed by atoms with Crippen LogP contribution in [-0.2, 0) is 0 Å². The van der Waals surface area contributed by atoms with Crippen molar-refractivity contribution >= 4 is 11.6 Å². The number of methoxy groups -OCH3 is 1. The van der Waals surface area contributed by atoms with Gasteiger partial charge in [-0.15, -0.1) is 0 Å². The molecular formula is C30H26F2N6O3. The van der Waals surface area contributed by atoms with Crippen molar-refractivity contribution < 1.29 is 23.4 Å². The average molecular weight is 557 g/mol. The zero-order valence-electron chi connectivity index (χ0n) is 22.0. The summed E-state index contributed by atoms with van der Waals surface area (Å²) in [5.41, 5.74) is 13.6. The van der Waals surface area contributed by atoms with E-state index in [1.807, 2.05) is 11.0 Å². The van der Waals surface area contributed by atoms with Crippen molar-refractivity contribution in [2.75, 3.05) is 25.2 Å². The van der Waals surface area contributed by atoms with Gasteiger partial charge in [-0.05, 0) is 42.3 Å². The molecule has 1 amide bonds. The van der Waals surface area contributed by atoms with Crippen LogP contribution in [0.2, 0.25) is 0 Å². The number of amides is 1. The highest BCUT2D eigenvalue weighted by molar-refractivity contribution is 6.00. The Balaban J connectivity index is 1.74. The first-order valence-corrected chi connectivity index (χ1v) is 12.7. The summed E-state index contributed by atoms with van der Waals surface area (Å²) in [5.74, 6) is -2.03. The number of nitriles is 1. The van der Waals surface area contributed by atoms with Crippen LogP contribution in [0.15, 0.2) is 60.8 Å². The van der Waals surface area contributed by atoms with Gasteiger partial charge in [0, 0.05) is 41.2 Å². The van der Waals surface area contributed by atoms with Gasteiger partial charge in [0.1, 0.15) is 23.1 Å². The molecule has 1 saturated heterocycles. The van der Waals surface area contributed by atoms with Crippen LogP contribution in [0.3, 0.4) is 0 Å². The van der Waals surface area contributed by atoms with Gasteiger partial charge in [0.05, 0.1) is 37.0 Å². The Morgan fingerprint density at radius 3 is 2.56 bits per heavy atom. The van der Waals surface area contributed by atoms with Crippen LogP contribution in [0, 0.1) is 23.0 Å². The van der Waals surface area contributed by atoms with Gasteiger partial charge < -0.3 is 26.2 Å². The second kappa shape index (κ2) is 11.3. The number of nitrogens with zero attached hydrogens (tertiary/aromatic N) is 4. The number of hydrogen-bond acceptors (Lipinski definition) is 8. The zero-order chi connectivity index (χ0) is 29.3. The van der Waals surface area contributed by atoms with Gasteiger partial charge in [-0.3, -0.25) is 4.79 Å². The minimum atomic E-state index is -0.883. The van der Waals surface area contributed by atoms with Crippen LogP contribution in [-0.4, -0.2) is 53.3 Å². The highest BCUT2D eigenvalue weighted by atomic mass is 19.1. The lowest BCUT2D eigenvalue weighted by Crippen LogP contribution is -2.33. The first-order valence-electron chi connectivity index (χ1n) is 12.7. The Kier molecular flexibility index (Phi) is 7.61. The van der Waals surface area contributed by atoms with Crippen LogP contribution in [0.1, 0.15) is 22.5 Å². The summed E-state index contributed by atoms with van der Waals surface area (Å²) in [4.78, 5) is 23.2. The second-order valence-corrected chi connectivity index (χ2v) is 9.63. The molecule has 0 unspecified atom stereocenters. The van der Waals surface area contributed by atoms with Crippen LogP contribution in [0.4, 0.5) is 14.5 Å². The molecule has 0 spiro atoms. The largest absolute Gasteiger partial charge is 0.496 e. The summed E-state index contributed by atoms with van der Waals surface area (Å²) in [7, 11) is 1.38. The van der Waals surface area contributed by atoms with Crippen molar-refractivity contribution in [3.63, 3.8) is 0 Å². The highest BCUT2D eigenvalue weighted by Crippen LogP contribution is 2.41. The van der Waals surface area contributed by atoms with Crippen molar-refractivity contribution in [2.45, 2.75) is 18.5 Å². The summed E-state index contributed by atoms with van der Waals surface area (Å²) in [6.45, 7) is 0.160. The van der Waals surface area contributed by atoms with Crippen molar-refractivity contribution in [1.82, 2.24) is 9.97 Å². The molecule has 0 aliphatic carbocycles. The molecule has 2 heterocycles. The predicted octanol–water partition coefficient (Wildman–Crippen LogP) is 3.63. The molecule has 1 fully saturated rings. The maximum Gasteiger partial charge on any atom is 0.268 e. The van der Waals surface area contributed by atoms with Gasteiger partial charge in [0.25, 0.3) is 5.91 Å². The van der Waals surface area contributed by atoms with Crippen molar-refractivity contribution in [2.24, 2.45) is 11.5 Å². The lowest BCUT2D eigenvalue weighted by molar-refractivity contribution is 0.0996. The summed E-state index contributed by atoms with van der Waals surface area (Å²) in [6.07, 6.45) is 1.86. The first-order chi connectivity index (χ1) is 19.8. The number of nitrogens with two attached hydrogens (primary N) is 2. The lowest BCUT2D eigenvalue weighted by Gasteiger charge is -2.28. The van der Waals surface area contributed by atoms with E-state index < -0.39 is 17.5 Å². The number of benzene rings is 3. The monoisotopic (exact) mass is 556 g/mol. The third-order valence-corrected chi connectivity index (χ3v) is 7.12. The second-order valence-electron chi connectivity index (χ2n) is 9.63. The highest BCUT2D eigenvalue weighted by Gasteiger charge is 2.32. The minimum absolute atomic E-state index is 0.0333. The number of carbonyl (C=O) groups excluding carboxylic acids is 1. The standard InChI is InChI=1S/C30H26F2N6O3/c1-41-25-7-3-6-23(32)27(25)30-36-13-21(28(37-30)29(35)40)20-9-8-16(26-17(12-33)4-2-5-22(26)31)10-24(20)38-14-18(34)11-19(38)15-39/h2-10,13,18-19,39H,11,14-15,34H2,1H3,(H2,35,40)/t18-,19-/m0/s1. The van der Waals surface area contributed by atoms with Gasteiger partial charge in [-0.1, -0.05) is 24.3 Å². The van der Waals surface area contributed by atoms with Crippen LogP contribution in [0.5, 0.6) is 5.75 Å². The number of aliphatic hydroxyl groups excluding tert-OH is 1. The number of carbonyl (C=O) groups is 1. The third kappa shape index (κ3) is 5.06. The molecule has 5 N–H and O–H groups in total. The fraction of sp³-hybridized carbons (Fsp3) is 0.200. The number of primary amides is 1. The van der Waals surface area contributed by atoms with E-state index in [9.17, 15) is 23.9 Å². The third-order valence-electron chi connectivity index (χ3n) is 7.12. The molecule has 2 atom stereocenters. The summed E-state index contributed by atoms with van der Waals surface area (Å²) in [5, 5.41) is 19.8. The quantitative estimate of drug-likeness (QED) is 0.312. The number of halogens is 2. The average Bonchev–Trinajstić information content (AvgIpc) is 3.36. The Morgan fingerprint density at radius 1 is 1.15 bits per heavy atom. The molecule has 9 nitrogen and oxygen atoms in total. The van der Waals surface area contributed by atoms with E-state index in [-0.39, 0.29) is 58.2 Å². The first kappa shape index (κ1) is 27.6. The Labute approximate surface area is 234 Å². The number of aliphatic hydroxyl groups is 1. The summed E-state index contributed by atoms with van der Waals surface area (Å²) < 4.78 is 35.0. The van der Waals surface area contributed by atoms with E-state index in [0.29, 0.717) is 29.8 Å². The topological polar surface area (TPSA) is 151 Å².